The van der Waals surface area contributed by atoms with Crippen LogP contribution in [0.1, 0.15) is 32.1 Å². The van der Waals surface area contributed by atoms with Gasteiger partial charge in [-0.05, 0) is 49.9 Å². The monoisotopic (exact) mass is 288 g/mol. The number of carbonyl (C=O) groups excluding carboxylic acids is 1. The first-order valence-electron chi connectivity index (χ1n) is 7.36. The predicted octanol–water partition coefficient (Wildman–Crippen LogP) is 1.32. The van der Waals surface area contributed by atoms with Crippen molar-refractivity contribution in [3.8, 4) is 0 Å². The van der Waals surface area contributed by atoms with Crippen LogP contribution < -0.4 is 11.1 Å². The van der Waals surface area contributed by atoms with Crippen molar-refractivity contribution in [1.29, 1.82) is 0 Å². The molecule has 2 bridgehead atoms. The summed E-state index contributed by atoms with van der Waals surface area (Å²) in [5.41, 5.74) is 6.19. The SMILES string of the molecule is Cl.NC1C2CCC(C2)C1C(=O)NCC1CCOCC1. The highest BCUT2D eigenvalue weighted by atomic mass is 35.5. The van der Waals surface area contributed by atoms with Gasteiger partial charge in [0.1, 0.15) is 0 Å². The predicted molar refractivity (Wildman–Crippen MR) is 76.1 cm³/mol. The zero-order valence-corrected chi connectivity index (χ0v) is 12.2. The van der Waals surface area contributed by atoms with Gasteiger partial charge in [0.2, 0.25) is 5.91 Å². The third-order valence-electron chi connectivity index (χ3n) is 5.19. The molecule has 3 aliphatic rings. The van der Waals surface area contributed by atoms with Crippen molar-refractivity contribution < 1.29 is 9.53 Å². The molecule has 1 saturated heterocycles. The summed E-state index contributed by atoms with van der Waals surface area (Å²) in [6.07, 6.45) is 5.76. The molecule has 2 aliphatic carbocycles. The highest BCUT2D eigenvalue weighted by Gasteiger charge is 2.48. The molecular formula is C14H25ClN2O2. The van der Waals surface area contributed by atoms with Crippen LogP contribution in [0.5, 0.6) is 0 Å². The molecule has 0 spiro atoms. The number of amides is 1. The molecular weight excluding hydrogens is 264 g/mol. The molecule has 4 nitrogen and oxygen atoms in total. The van der Waals surface area contributed by atoms with Gasteiger partial charge >= 0.3 is 0 Å². The number of hydrogen-bond donors (Lipinski definition) is 2. The molecule has 5 heteroatoms. The molecule has 4 atom stereocenters. The first kappa shape index (κ1) is 15.1. The van der Waals surface area contributed by atoms with Gasteiger partial charge in [-0.3, -0.25) is 4.79 Å². The van der Waals surface area contributed by atoms with E-state index in [0.717, 1.165) is 32.6 Å². The van der Waals surface area contributed by atoms with Gasteiger partial charge in [-0.25, -0.2) is 0 Å². The second-order valence-corrected chi connectivity index (χ2v) is 6.24. The van der Waals surface area contributed by atoms with Crippen LogP contribution in [-0.2, 0) is 9.53 Å². The molecule has 1 aliphatic heterocycles. The Bertz CT molecular complexity index is 319. The molecule has 4 unspecified atom stereocenters. The summed E-state index contributed by atoms with van der Waals surface area (Å²) >= 11 is 0. The lowest BCUT2D eigenvalue weighted by molar-refractivity contribution is -0.127. The number of halogens is 1. The van der Waals surface area contributed by atoms with E-state index in [1.807, 2.05) is 0 Å². The Labute approximate surface area is 121 Å². The van der Waals surface area contributed by atoms with Gasteiger partial charge in [0.25, 0.3) is 0 Å². The molecule has 110 valence electrons. The summed E-state index contributed by atoms with van der Waals surface area (Å²) in [5.74, 6) is 2.05. The Kier molecular flexibility index (Phi) is 5.09. The Hall–Kier alpha value is -0.320. The van der Waals surface area contributed by atoms with Crippen molar-refractivity contribution >= 4 is 18.3 Å². The van der Waals surface area contributed by atoms with Crippen molar-refractivity contribution in [1.82, 2.24) is 5.32 Å². The standard InChI is InChI=1S/C14H24N2O2.ClH/c15-13-11-2-1-10(7-11)12(13)14(17)16-8-9-3-5-18-6-4-9;/h9-13H,1-8,15H2,(H,16,17);1H. The lowest BCUT2D eigenvalue weighted by atomic mass is 9.84. The normalized spacial score (nSPS) is 37.9. The number of hydrogen-bond acceptors (Lipinski definition) is 3. The number of nitrogens with two attached hydrogens (primary N) is 1. The third kappa shape index (κ3) is 3.06. The summed E-state index contributed by atoms with van der Waals surface area (Å²) in [6.45, 7) is 2.49. The van der Waals surface area contributed by atoms with Gasteiger partial charge in [0.15, 0.2) is 0 Å². The molecule has 0 radical (unpaired) electrons. The molecule has 2 saturated carbocycles. The molecule has 3 rings (SSSR count). The Balaban J connectivity index is 0.00000133. The zero-order valence-electron chi connectivity index (χ0n) is 11.3. The second kappa shape index (κ2) is 6.42. The van der Waals surface area contributed by atoms with Gasteiger partial charge in [-0.1, -0.05) is 0 Å². The first-order valence-corrected chi connectivity index (χ1v) is 7.36. The number of ether oxygens (including phenoxy) is 1. The lowest BCUT2D eigenvalue weighted by Crippen LogP contribution is -2.46. The fourth-order valence-electron chi connectivity index (χ4n) is 4.04. The summed E-state index contributed by atoms with van der Waals surface area (Å²) in [5, 5.41) is 3.14. The topological polar surface area (TPSA) is 64.4 Å². The van der Waals surface area contributed by atoms with Gasteiger partial charge in [-0.15, -0.1) is 12.4 Å². The van der Waals surface area contributed by atoms with E-state index in [9.17, 15) is 4.79 Å². The van der Waals surface area contributed by atoms with Crippen LogP contribution in [0.3, 0.4) is 0 Å². The summed E-state index contributed by atoms with van der Waals surface area (Å²) in [7, 11) is 0. The molecule has 0 aromatic carbocycles. The second-order valence-electron chi connectivity index (χ2n) is 6.24. The van der Waals surface area contributed by atoms with Crippen LogP contribution in [0.4, 0.5) is 0 Å². The van der Waals surface area contributed by atoms with Crippen LogP contribution >= 0.6 is 12.4 Å². The average Bonchev–Trinajstić information content (AvgIpc) is 2.98. The molecule has 3 N–H and O–H groups in total. The van der Waals surface area contributed by atoms with Gasteiger partial charge in [0.05, 0.1) is 5.92 Å². The highest BCUT2D eigenvalue weighted by Crippen LogP contribution is 2.47. The van der Waals surface area contributed by atoms with E-state index >= 15 is 0 Å². The van der Waals surface area contributed by atoms with Crippen molar-refractivity contribution in [2.45, 2.75) is 38.1 Å². The number of fused-ring (bicyclic) bond motifs is 2. The maximum atomic E-state index is 12.3. The number of rotatable bonds is 3. The number of carbonyl (C=O) groups is 1. The van der Waals surface area contributed by atoms with Crippen molar-refractivity contribution in [2.75, 3.05) is 19.8 Å². The Morgan fingerprint density at radius 2 is 1.84 bits per heavy atom. The summed E-state index contributed by atoms with van der Waals surface area (Å²) in [4.78, 5) is 12.3. The molecule has 19 heavy (non-hydrogen) atoms. The Morgan fingerprint density at radius 1 is 1.16 bits per heavy atom. The Morgan fingerprint density at radius 3 is 2.47 bits per heavy atom. The fourth-order valence-corrected chi connectivity index (χ4v) is 4.04. The molecule has 1 amide bonds. The van der Waals surface area contributed by atoms with Crippen LogP contribution in [0.15, 0.2) is 0 Å². The first-order chi connectivity index (χ1) is 8.75. The fraction of sp³-hybridized carbons (Fsp3) is 0.929. The quantitative estimate of drug-likeness (QED) is 0.823. The third-order valence-corrected chi connectivity index (χ3v) is 5.19. The molecule has 1 heterocycles. The highest BCUT2D eigenvalue weighted by molar-refractivity contribution is 5.85. The van der Waals surface area contributed by atoms with Crippen LogP contribution in [-0.4, -0.2) is 31.7 Å². The maximum absolute atomic E-state index is 12.3. The number of nitrogens with one attached hydrogen (secondary N) is 1. The van der Waals surface area contributed by atoms with E-state index in [1.54, 1.807) is 0 Å². The minimum atomic E-state index is 0. The van der Waals surface area contributed by atoms with Crippen molar-refractivity contribution in [3.05, 3.63) is 0 Å². The van der Waals surface area contributed by atoms with E-state index in [1.165, 1.54) is 19.3 Å². The van der Waals surface area contributed by atoms with E-state index in [0.29, 0.717) is 17.8 Å². The van der Waals surface area contributed by atoms with Crippen LogP contribution in [0.2, 0.25) is 0 Å². The molecule has 0 aromatic heterocycles. The van der Waals surface area contributed by atoms with E-state index in [2.05, 4.69) is 5.32 Å². The summed E-state index contributed by atoms with van der Waals surface area (Å²) in [6, 6.07) is 0.110. The summed E-state index contributed by atoms with van der Waals surface area (Å²) < 4.78 is 5.33. The average molecular weight is 289 g/mol. The largest absolute Gasteiger partial charge is 0.381 e. The van der Waals surface area contributed by atoms with Gasteiger partial charge in [0, 0.05) is 25.8 Å². The van der Waals surface area contributed by atoms with Crippen molar-refractivity contribution in [2.24, 2.45) is 29.4 Å². The van der Waals surface area contributed by atoms with E-state index < -0.39 is 0 Å². The lowest BCUT2D eigenvalue weighted by Gasteiger charge is -2.28. The van der Waals surface area contributed by atoms with Crippen molar-refractivity contribution in [3.63, 3.8) is 0 Å². The maximum Gasteiger partial charge on any atom is 0.224 e. The van der Waals surface area contributed by atoms with E-state index in [4.69, 9.17) is 10.5 Å². The zero-order chi connectivity index (χ0) is 12.5. The van der Waals surface area contributed by atoms with Crippen LogP contribution in [0.25, 0.3) is 0 Å². The minimum Gasteiger partial charge on any atom is -0.381 e. The van der Waals surface area contributed by atoms with Gasteiger partial charge in [-0.2, -0.15) is 0 Å². The smallest absolute Gasteiger partial charge is 0.224 e. The minimum absolute atomic E-state index is 0. The van der Waals surface area contributed by atoms with E-state index in [-0.39, 0.29) is 30.3 Å². The molecule has 3 fully saturated rings. The molecule has 0 aromatic rings. The van der Waals surface area contributed by atoms with Gasteiger partial charge < -0.3 is 15.8 Å². The van der Waals surface area contributed by atoms with Crippen LogP contribution in [0, 0.1) is 23.7 Å².